The Hall–Kier alpha value is -0.280. The normalized spacial score (nSPS) is 9.30. The van der Waals surface area contributed by atoms with Crippen LogP contribution in [0, 0.1) is 0 Å². The van der Waals surface area contributed by atoms with Gasteiger partial charge < -0.3 is 0 Å². The van der Waals surface area contributed by atoms with Gasteiger partial charge in [0.05, 0.1) is 0 Å². The smallest absolute Gasteiger partial charge is 0.151 e. The molecule has 0 radical (unpaired) electrons. The van der Waals surface area contributed by atoms with Crippen LogP contribution in [0.25, 0.3) is 0 Å². The minimum atomic E-state index is 0.726. The Labute approximate surface area is 71.0 Å². The summed E-state index contributed by atoms with van der Waals surface area (Å²) in [4.78, 5) is 11.3. The van der Waals surface area contributed by atoms with Crippen molar-refractivity contribution in [1.29, 1.82) is 0 Å². The predicted molar refractivity (Wildman–Crippen MR) is 46.6 cm³/mol. The third kappa shape index (κ3) is 1.61. The summed E-state index contributed by atoms with van der Waals surface area (Å²) >= 11 is 3.21. The van der Waals surface area contributed by atoms with E-state index in [0.717, 1.165) is 16.7 Å². The lowest BCUT2D eigenvalue weighted by Gasteiger charge is -1.95. The first kappa shape index (κ1) is 7.82. The Bertz CT molecular complexity index is 237. The van der Waals surface area contributed by atoms with E-state index < -0.39 is 0 Å². The molecule has 1 nitrogen and oxygen atoms in total. The third-order valence-corrected chi connectivity index (χ3v) is 2.71. The van der Waals surface area contributed by atoms with Gasteiger partial charge in [-0.05, 0) is 31.1 Å². The van der Waals surface area contributed by atoms with Crippen LogP contribution in [0.1, 0.15) is 10.4 Å². The van der Waals surface area contributed by atoms with Crippen molar-refractivity contribution in [3.8, 4) is 0 Å². The summed E-state index contributed by atoms with van der Waals surface area (Å²) in [5.41, 5.74) is 0.726. The summed E-state index contributed by atoms with van der Waals surface area (Å²) in [6, 6.07) is 7.42. The molecular weight excluding hydrogens is 212 g/mol. The van der Waals surface area contributed by atoms with Crippen LogP contribution in [-0.4, -0.2) is 6.29 Å². The molecule has 0 spiro atoms. The van der Waals surface area contributed by atoms with E-state index in [0.29, 0.717) is 0 Å². The Kier molecular flexibility index (Phi) is 2.96. The van der Waals surface area contributed by atoms with Crippen molar-refractivity contribution in [2.24, 2.45) is 0 Å². The van der Waals surface area contributed by atoms with E-state index in [1.54, 1.807) is 6.07 Å². The number of rotatable bonds is 2. The second-order valence-electron chi connectivity index (χ2n) is 1.73. The Balaban J connectivity index is 3.08. The summed E-state index contributed by atoms with van der Waals surface area (Å²) in [5, 5.41) is 0. The first-order valence-corrected chi connectivity index (χ1v) is 5.37. The summed E-state index contributed by atoms with van der Waals surface area (Å²) in [5.74, 6) is 0. The van der Waals surface area contributed by atoms with Crippen LogP contribution >= 0.6 is 25.0 Å². The van der Waals surface area contributed by atoms with Gasteiger partial charge in [0.1, 0.15) is 0 Å². The van der Waals surface area contributed by atoms with Crippen molar-refractivity contribution in [3.05, 3.63) is 29.8 Å². The van der Waals surface area contributed by atoms with E-state index in [-0.39, 0.29) is 0 Å². The van der Waals surface area contributed by atoms with Crippen molar-refractivity contribution in [1.82, 2.24) is 0 Å². The number of halogens is 1. The Morgan fingerprint density at radius 3 is 2.60 bits per heavy atom. The van der Waals surface area contributed by atoms with Crippen LogP contribution < -0.4 is 0 Å². The fraction of sp³-hybridized carbons (Fsp3) is 0. The van der Waals surface area contributed by atoms with E-state index in [4.69, 9.17) is 0 Å². The average Bonchev–Trinajstić information content (AvgIpc) is 2.04. The van der Waals surface area contributed by atoms with E-state index >= 15 is 0 Å². The summed E-state index contributed by atoms with van der Waals surface area (Å²) in [7, 11) is 1.40. The van der Waals surface area contributed by atoms with Gasteiger partial charge in [-0.2, -0.15) is 0 Å². The van der Waals surface area contributed by atoms with E-state index in [1.165, 1.54) is 10.2 Å². The highest BCUT2D eigenvalue weighted by atomic mass is 79.9. The van der Waals surface area contributed by atoms with Gasteiger partial charge in [0, 0.05) is 10.5 Å². The summed E-state index contributed by atoms with van der Waals surface area (Å²) in [6.07, 6.45) is 0.851. The fourth-order valence-electron chi connectivity index (χ4n) is 0.648. The molecule has 0 aliphatic heterocycles. The van der Waals surface area contributed by atoms with E-state index in [9.17, 15) is 4.79 Å². The van der Waals surface area contributed by atoms with Gasteiger partial charge in [-0.25, -0.2) is 0 Å². The lowest BCUT2D eigenvalue weighted by molar-refractivity contribution is 0.112. The lowest BCUT2D eigenvalue weighted by atomic mass is 10.2. The van der Waals surface area contributed by atoms with Crippen LogP contribution in [0.15, 0.2) is 29.2 Å². The van der Waals surface area contributed by atoms with Crippen molar-refractivity contribution in [2.75, 3.05) is 0 Å². The Morgan fingerprint density at radius 2 is 2.10 bits per heavy atom. The number of hydrogen-bond donors (Lipinski definition) is 0. The quantitative estimate of drug-likeness (QED) is 0.708. The van der Waals surface area contributed by atoms with Gasteiger partial charge in [-0.15, -0.1) is 0 Å². The van der Waals surface area contributed by atoms with Gasteiger partial charge in [-0.1, -0.05) is 18.2 Å². The Morgan fingerprint density at radius 1 is 1.40 bits per heavy atom. The summed E-state index contributed by atoms with van der Waals surface area (Å²) < 4.78 is 0. The summed E-state index contributed by atoms with van der Waals surface area (Å²) in [6.45, 7) is 0. The first-order valence-electron chi connectivity index (χ1n) is 2.71. The molecule has 1 aromatic rings. The fourth-order valence-corrected chi connectivity index (χ4v) is 1.87. The van der Waals surface area contributed by atoms with E-state index in [1.807, 2.05) is 18.2 Å². The van der Waals surface area contributed by atoms with Crippen molar-refractivity contribution < 1.29 is 4.79 Å². The molecule has 1 rings (SSSR count). The highest BCUT2D eigenvalue weighted by Gasteiger charge is 1.96. The number of aldehydes is 1. The third-order valence-electron chi connectivity index (χ3n) is 1.13. The molecule has 0 bridgehead atoms. The van der Waals surface area contributed by atoms with Crippen LogP contribution in [-0.2, 0) is 0 Å². The maximum Gasteiger partial charge on any atom is 0.151 e. The number of carbonyl (C=O) groups excluding carboxylic acids is 1. The van der Waals surface area contributed by atoms with Crippen molar-refractivity contribution >= 4 is 31.3 Å². The molecule has 0 aliphatic rings. The highest BCUT2D eigenvalue weighted by Crippen LogP contribution is 2.26. The maximum absolute atomic E-state index is 10.4. The number of carbonyl (C=O) groups is 1. The minimum Gasteiger partial charge on any atom is -0.298 e. The maximum atomic E-state index is 10.4. The lowest BCUT2D eigenvalue weighted by Crippen LogP contribution is -1.80. The van der Waals surface area contributed by atoms with Gasteiger partial charge in [-0.3, -0.25) is 4.79 Å². The zero-order valence-corrected chi connectivity index (χ0v) is 7.48. The molecule has 10 heavy (non-hydrogen) atoms. The molecule has 1 aromatic carbocycles. The van der Waals surface area contributed by atoms with Crippen LogP contribution in [0.2, 0.25) is 0 Å². The molecule has 0 atom stereocenters. The van der Waals surface area contributed by atoms with Crippen LogP contribution in [0.5, 0.6) is 0 Å². The molecule has 0 N–H and O–H groups in total. The highest BCUT2D eigenvalue weighted by molar-refractivity contribution is 9.50. The van der Waals surface area contributed by atoms with Crippen LogP contribution in [0.3, 0.4) is 0 Å². The number of benzene rings is 1. The second kappa shape index (κ2) is 3.78. The molecule has 0 aromatic heterocycles. The molecule has 0 unspecified atom stereocenters. The van der Waals surface area contributed by atoms with E-state index in [2.05, 4.69) is 14.8 Å². The zero-order valence-electron chi connectivity index (χ0n) is 5.08. The van der Waals surface area contributed by atoms with Crippen molar-refractivity contribution in [3.63, 3.8) is 0 Å². The zero-order chi connectivity index (χ0) is 7.40. The molecular formula is C7H5BrOS. The molecule has 0 amide bonds. The van der Waals surface area contributed by atoms with Gasteiger partial charge >= 0.3 is 0 Å². The largest absolute Gasteiger partial charge is 0.298 e. The molecule has 0 aliphatic carbocycles. The first-order chi connectivity index (χ1) is 4.88. The monoisotopic (exact) mass is 216 g/mol. The molecule has 0 heterocycles. The number of hydrogen-bond acceptors (Lipinski definition) is 2. The molecule has 52 valence electrons. The standard InChI is InChI=1S/C7H5BrOS/c8-10-7-4-2-1-3-6(7)5-9/h1-5H. The molecule has 0 fully saturated rings. The molecule has 3 heteroatoms. The topological polar surface area (TPSA) is 17.1 Å². The SMILES string of the molecule is O=Cc1ccccc1SBr. The van der Waals surface area contributed by atoms with Crippen molar-refractivity contribution in [2.45, 2.75) is 4.90 Å². The average molecular weight is 217 g/mol. The molecule has 0 saturated carbocycles. The van der Waals surface area contributed by atoms with Gasteiger partial charge in [0.25, 0.3) is 0 Å². The minimum absolute atomic E-state index is 0.726. The predicted octanol–water partition coefficient (Wildman–Crippen LogP) is 2.90. The molecule has 0 saturated heterocycles. The van der Waals surface area contributed by atoms with Gasteiger partial charge in [0.2, 0.25) is 0 Å². The van der Waals surface area contributed by atoms with Gasteiger partial charge in [0.15, 0.2) is 6.29 Å². The second-order valence-corrected chi connectivity index (χ2v) is 3.30. The van der Waals surface area contributed by atoms with Crippen LogP contribution in [0.4, 0.5) is 0 Å².